The number of hydrogen-bond donors (Lipinski definition) is 0. The molecule has 1 aromatic carbocycles. The van der Waals surface area contributed by atoms with Gasteiger partial charge in [-0.2, -0.15) is 0 Å². The monoisotopic (exact) mass is 282 g/mol. The predicted octanol–water partition coefficient (Wildman–Crippen LogP) is 1.05. The van der Waals surface area contributed by atoms with E-state index >= 15 is 0 Å². The first-order valence-electron chi connectivity index (χ1n) is 7.86. The molecule has 1 fully saturated rings. The van der Waals surface area contributed by atoms with Gasteiger partial charge in [0.1, 0.15) is 0 Å². The average Bonchev–Trinajstić information content (AvgIpc) is 2.54. The number of rotatable bonds is 4. The molecule has 1 heterocycles. The molecule has 0 aliphatic carbocycles. The third-order valence-corrected chi connectivity index (χ3v) is 5.02. The first-order chi connectivity index (χ1) is 9.24. The molecule has 1 aromatic rings. The summed E-state index contributed by atoms with van der Waals surface area (Å²) in [4.78, 5) is 0. The molecule has 112 valence electrons. The molecule has 0 spiro atoms. The maximum Gasteiger partial charge on any atom is 1.00 e. The fourth-order valence-corrected chi connectivity index (χ4v) is 3.21. The van der Waals surface area contributed by atoms with Crippen LogP contribution in [0.25, 0.3) is 0 Å². The van der Waals surface area contributed by atoms with Crippen molar-refractivity contribution >= 4 is 12.0 Å². The maximum atomic E-state index is 6.56. The second-order valence-electron chi connectivity index (χ2n) is 7.12. The van der Waals surface area contributed by atoms with E-state index in [0.29, 0.717) is 0 Å². The van der Waals surface area contributed by atoms with E-state index in [1.54, 1.807) is 0 Å². The molecule has 2 nitrogen and oxygen atoms in total. The number of hydrogen-bond acceptors (Lipinski definition) is 2. The quantitative estimate of drug-likeness (QED) is 0.769. The summed E-state index contributed by atoms with van der Waals surface area (Å²) in [5.41, 5.74) is 1.95. The molecule has 0 radical (unpaired) electrons. The number of aryl methyl sites for hydroxylation is 1. The van der Waals surface area contributed by atoms with Gasteiger partial charge in [0.2, 0.25) is 0 Å². The minimum Gasteiger partial charge on any atom is -0.558 e. The van der Waals surface area contributed by atoms with Crippen molar-refractivity contribution in [2.45, 2.75) is 71.9 Å². The second kappa shape index (κ2) is 6.51. The first-order valence-corrected chi connectivity index (χ1v) is 7.86. The molecule has 1 aliphatic rings. The van der Waals surface area contributed by atoms with Crippen LogP contribution in [0, 0.1) is 6.92 Å². The van der Waals surface area contributed by atoms with E-state index in [1.807, 2.05) is 0 Å². The summed E-state index contributed by atoms with van der Waals surface area (Å²) in [7, 11) is 0. The van der Waals surface area contributed by atoms with E-state index in [-0.39, 0.29) is 30.1 Å². The third kappa shape index (κ3) is 3.43. The van der Waals surface area contributed by atoms with Crippen LogP contribution in [0.5, 0.6) is 0 Å². The minimum atomic E-state index is -1.39. The van der Waals surface area contributed by atoms with Gasteiger partial charge in [-0.05, 0) is 34.6 Å². The summed E-state index contributed by atoms with van der Waals surface area (Å²) in [6.45, 7) is 11.5. The SMILES string of the molecule is CCCC[B-]1(c2ccccc2C)OC(C)(C)C(C)(C)O1.[Li+]. The van der Waals surface area contributed by atoms with Gasteiger partial charge in [0.25, 0.3) is 6.55 Å². The maximum absolute atomic E-state index is 6.56. The number of benzene rings is 1. The van der Waals surface area contributed by atoms with E-state index in [2.05, 4.69) is 65.8 Å². The Kier molecular flexibility index (Phi) is 5.84. The Morgan fingerprint density at radius 1 is 1.00 bits per heavy atom. The van der Waals surface area contributed by atoms with E-state index in [9.17, 15) is 0 Å². The molecule has 4 heteroatoms. The third-order valence-electron chi connectivity index (χ3n) is 5.02. The van der Waals surface area contributed by atoms with Crippen molar-refractivity contribution in [3.05, 3.63) is 29.8 Å². The summed E-state index contributed by atoms with van der Waals surface area (Å²) in [5, 5.41) is 0. The van der Waals surface area contributed by atoms with Crippen LogP contribution in [0.2, 0.25) is 6.32 Å². The van der Waals surface area contributed by atoms with Crippen LogP contribution in [-0.4, -0.2) is 17.8 Å². The molecule has 0 bridgehead atoms. The average molecular weight is 282 g/mol. The van der Waals surface area contributed by atoms with Crippen LogP contribution in [0.15, 0.2) is 24.3 Å². The van der Waals surface area contributed by atoms with Gasteiger partial charge in [-0.25, -0.2) is 0 Å². The van der Waals surface area contributed by atoms with E-state index in [0.717, 1.165) is 19.2 Å². The molecule has 0 aromatic heterocycles. The zero-order valence-electron chi connectivity index (χ0n) is 14.8. The van der Waals surface area contributed by atoms with Gasteiger partial charge in [-0.3, -0.25) is 0 Å². The molecule has 1 saturated heterocycles. The van der Waals surface area contributed by atoms with Crippen molar-refractivity contribution in [2.24, 2.45) is 0 Å². The minimum absolute atomic E-state index is 0. The van der Waals surface area contributed by atoms with Crippen LogP contribution in [0.4, 0.5) is 0 Å². The predicted molar refractivity (Wildman–Crippen MR) is 86.6 cm³/mol. The Labute approximate surface area is 142 Å². The molecule has 0 atom stereocenters. The molecule has 2 rings (SSSR count). The fourth-order valence-electron chi connectivity index (χ4n) is 3.21. The van der Waals surface area contributed by atoms with Crippen LogP contribution < -0.4 is 24.3 Å². The van der Waals surface area contributed by atoms with Gasteiger partial charge in [0, 0.05) is 11.2 Å². The van der Waals surface area contributed by atoms with Crippen molar-refractivity contribution in [2.75, 3.05) is 0 Å². The van der Waals surface area contributed by atoms with Crippen molar-refractivity contribution in [3.63, 3.8) is 0 Å². The summed E-state index contributed by atoms with van der Waals surface area (Å²) in [6.07, 6.45) is 3.25. The Bertz CT molecular complexity index is 469. The van der Waals surface area contributed by atoms with Gasteiger partial charge in [0.05, 0.1) is 0 Å². The van der Waals surface area contributed by atoms with Gasteiger partial charge in [-0.1, -0.05) is 49.6 Å². The smallest absolute Gasteiger partial charge is 0.558 e. The fraction of sp³-hybridized carbons (Fsp3) is 0.647. The van der Waals surface area contributed by atoms with Crippen molar-refractivity contribution in [1.29, 1.82) is 0 Å². The zero-order chi connectivity index (χ0) is 15.0. The van der Waals surface area contributed by atoms with E-state index < -0.39 is 6.55 Å². The first kappa shape index (κ1) is 18.9. The standard InChI is InChI=1S/C17H28BO2.Li/c1-7-8-13-18(15-12-10-9-11-14(15)2)19-16(3,4)17(5,6)20-18;/h9-12H,7-8,13H2,1-6H3;/q-1;+1. The Morgan fingerprint density at radius 2 is 1.52 bits per heavy atom. The molecule has 0 unspecified atom stereocenters. The Balaban J connectivity index is 0.00000220. The zero-order valence-corrected chi connectivity index (χ0v) is 14.8. The largest absolute Gasteiger partial charge is 1.00 e. The summed E-state index contributed by atoms with van der Waals surface area (Å²) in [6, 6.07) is 8.48. The van der Waals surface area contributed by atoms with Crippen molar-refractivity contribution in [3.8, 4) is 0 Å². The van der Waals surface area contributed by atoms with E-state index in [1.165, 1.54) is 11.0 Å². The summed E-state index contributed by atoms with van der Waals surface area (Å²) in [5.74, 6) is 0. The summed E-state index contributed by atoms with van der Waals surface area (Å²) < 4.78 is 13.1. The van der Waals surface area contributed by atoms with Crippen LogP contribution in [0.1, 0.15) is 53.0 Å². The molecule has 21 heavy (non-hydrogen) atoms. The molecule has 0 amide bonds. The normalized spacial score (nSPS) is 21.8. The second-order valence-corrected chi connectivity index (χ2v) is 7.12. The van der Waals surface area contributed by atoms with Gasteiger partial charge >= 0.3 is 18.9 Å². The topological polar surface area (TPSA) is 18.5 Å². The molecule has 0 N–H and O–H groups in total. The Hall–Kier alpha value is -0.198. The number of unbranched alkanes of at least 4 members (excludes halogenated alkanes) is 1. The molecule has 0 saturated carbocycles. The molecular formula is C17H28BLiO2. The van der Waals surface area contributed by atoms with Gasteiger partial charge in [-0.15, -0.1) is 11.8 Å². The van der Waals surface area contributed by atoms with Crippen molar-refractivity contribution in [1.82, 2.24) is 0 Å². The van der Waals surface area contributed by atoms with Gasteiger partial charge < -0.3 is 9.31 Å². The molecular weight excluding hydrogens is 254 g/mol. The van der Waals surface area contributed by atoms with Crippen LogP contribution in [-0.2, 0) is 9.31 Å². The van der Waals surface area contributed by atoms with Crippen LogP contribution >= 0.6 is 0 Å². The molecule has 1 aliphatic heterocycles. The van der Waals surface area contributed by atoms with Crippen LogP contribution in [0.3, 0.4) is 0 Å². The van der Waals surface area contributed by atoms with Crippen molar-refractivity contribution < 1.29 is 28.2 Å². The Morgan fingerprint density at radius 3 is 2.00 bits per heavy atom. The van der Waals surface area contributed by atoms with E-state index in [4.69, 9.17) is 9.31 Å². The van der Waals surface area contributed by atoms with Gasteiger partial charge in [0.15, 0.2) is 0 Å². The summed E-state index contributed by atoms with van der Waals surface area (Å²) >= 11 is 0.